The highest BCUT2D eigenvalue weighted by molar-refractivity contribution is 8.18. The molecule has 11 heteroatoms. The van der Waals surface area contributed by atoms with Crippen molar-refractivity contribution >= 4 is 96.5 Å². The number of para-hydroxylation sites is 1. The molecule has 1 aromatic carbocycles. The van der Waals surface area contributed by atoms with Crippen LogP contribution in [0.5, 0.6) is 0 Å². The Morgan fingerprint density at radius 1 is 0.581 bits per heavy atom. The van der Waals surface area contributed by atoms with Gasteiger partial charge in [-0.3, -0.25) is 4.44 Å². The third kappa shape index (κ3) is 7.95. The lowest BCUT2D eigenvalue weighted by molar-refractivity contribution is 1.12. The molecule has 0 aliphatic heterocycles. The fourth-order valence-corrected chi connectivity index (χ4v) is 37.2. The van der Waals surface area contributed by atoms with Gasteiger partial charge in [-0.05, 0) is 21.5 Å². The van der Waals surface area contributed by atoms with E-state index in [0.717, 1.165) is 0 Å². The van der Waals surface area contributed by atoms with Crippen LogP contribution in [0.2, 0.25) is 78.6 Å². The van der Waals surface area contributed by atoms with Gasteiger partial charge in [0, 0.05) is 32.3 Å². The van der Waals surface area contributed by atoms with E-state index in [0.29, 0.717) is 10.3 Å². The van der Waals surface area contributed by atoms with Crippen molar-refractivity contribution in [2.75, 3.05) is 4.44 Å². The number of halogens is 4. The minimum Gasteiger partial charge on any atom is -0.278 e. The molecular formula is C20H41Cl4NP2Si4. The largest absolute Gasteiger partial charge is 0.278 e. The average molecular weight is 612 g/mol. The summed E-state index contributed by atoms with van der Waals surface area (Å²) < 4.78 is 1.97. The summed E-state index contributed by atoms with van der Waals surface area (Å²) in [5.74, 6) is 0. The van der Waals surface area contributed by atoms with Gasteiger partial charge in [-0.2, -0.15) is 0 Å². The Morgan fingerprint density at radius 2 is 0.839 bits per heavy atom. The zero-order valence-corrected chi connectivity index (χ0v) is 30.1. The number of nitrogens with zero attached hydrogens (tertiary/aromatic N) is 1. The molecule has 180 valence electrons. The Kier molecular flexibility index (Phi) is 10.9. The van der Waals surface area contributed by atoms with E-state index in [1.165, 1.54) is 16.8 Å². The predicted octanol–water partition coefficient (Wildman–Crippen LogP) is 11.6. The minimum absolute atomic E-state index is 0.549. The van der Waals surface area contributed by atoms with Crippen LogP contribution in [0.15, 0.2) is 18.2 Å². The van der Waals surface area contributed by atoms with Crippen LogP contribution >= 0.6 is 58.5 Å². The first-order chi connectivity index (χ1) is 13.6. The van der Waals surface area contributed by atoms with E-state index in [-0.39, 0.29) is 0 Å². The number of rotatable bonds is 9. The van der Waals surface area contributed by atoms with Crippen LogP contribution in [0.25, 0.3) is 0 Å². The fourth-order valence-electron chi connectivity index (χ4n) is 5.94. The Balaban J connectivity index is 4.19. The van der Waals surface area contributed by atoms with Crippen molar-refractivity contribution < 1.29 is 0 Å². The topological polar surface area (TPSA) is 3.24 Å². The van der Waals surface area contributed by atoms with E-state index in [1.54, 1.807) is 0 Å². The summed E-state index contributed by atoms with van der Waals surface area (Å²) >= 11 is 26.5. The maximum Gasteiger partial charge on any atom is 0.192 e. The van der Waals surface area contributed by atoms with Gasteiger partial charge in [-0.25, -0.2) is 0 Å². The van der Waals surface area contributed by atoms with E-state index in [9.17, 15) is 0 Å². The summed E-state index contributed by atoms with van der Waals surface area (Å²) in [5.41, 5.74) is 3.94. The summed E-state index contributed by atoms with van der Waals surface area (Å²) in [6.07, 6.45) is 0. The van der Waals surface area contributed by atoms with Crippen molar-refractivity contribution in [1.82, 2.24) is 0 Å². The van der Waals surface area contributed by atoms with Crippen LogP contribution < -0.4 is 4.44 Å². The smallest absolute Gasteiger partial charge is 0.192 e. The first-order valence-corrected chi connectivity index (χ1v) is 31.3. The minimum atomic E-state index is -1.56. The second kappa shape index (κ2) is 10.9. The maximum absolute atomic E-state index is 6.63. The average Bonchev–Trinajstić information content (AvgIpc) is 2.43. The molecule has 0 atom stereocenters. The molecule has 0 N–H and O–H groups in total. The monoisotopic (exact) mass is 609 g/mol. The second-order valence-corrected chi connectivity index (χ2v) is 42.1. The van der Waals surface area contributed by atoms with Crippen molar-refractivity contribution in [2.45, 2.75) is 88.9 Å². The molecular weight excluding hydrogens is 570 g/mol. The second-order valence-electron chi connectivity index (χ2n) is 12.8. The highest BCUT2D eigenvalue weighted by Crippen LogP contribution is 2.70. The lowest BCUT2D eigenvalue weighted by Gasteiger charge is -2.45. The predicted molar refractivity (Wildman–Crippen MR) is 165 cm³/mol. The first kappa shape index (κ1) is 30.9. The third-order valence-electron chi connectivity index (χ3n) is 5.67. The van der Waals surface area contributed by atoms with Crippen molar-refractivity contribution in [3.8, 4) is 0 Å². The molecule has 0 bridgehead atoms. The van der Waals surface area contributed by atoms with Crippen LogP contribution in [-0.4, -0.2) is 32.3 Å². The first-order valence-electron chi connectivity index (χ1n) is 10.8. The van der Waals surface area contributed by atoms with Crippen LogP contribution in [0, 0.1) is 0 Å². The van der Waals surface area contributed by atoms with Gasteiger partial charge in [0.2, 0.25) is 0 Å². The van der Waals surface area contributed by atoms with Gasteiger partial charge in [-0.15, -0.1) is 0 Å². The van der Waals surface area contributed by atoms with Crippen LogP contribution in [0.4, 0.5) is 5.69 Å². The van der Waals surface area contributed by atoms with Gasteiger partial charge in [0.1, 0.15) is 0 Å². The molecule has 0 amide bonds. The zero-order chi connectivity index (χ0) is 24.7. The highest BCUT2D eigenvalue weighted by Gasteiger charge is 2.45. The number of anilines is 1. The number of hydrogen-bond acceptors (Lipinski definition) is 1. The molecule has 0 saturated heterocycles. The third-order valence-corrected chi connectivity index (χ3v) is 29.4. The van der Waals surface area contributed by atoms with Gasteiger partial charge in [0.05, 0.1) is 5.69 Å². The van der Waals surface area contributed by atoms with Crippen LogP contribution in [0.1, 0.15) is 21.5 Å². The number of benzene rings is 1. The normalized spacial score (nSPS) is 14.3. The van der Waals surface area contributed by atoms with E-state index in [1.807, 2.05) is 4.44 Å². The van der Waals surface area contributed by atoms with Crippen LogP contribution in [-0.2, 0) is 0 Å². The van der Waals surface area contributed by atoms with E-state index in [2.05, 4.69) is 96.8 Å². The standard InChI is InChI=1S/C20H41Cl4NP2Si4/c1-28(2,3)19(29(4,5)6)16-14-13-15-17(18(16)25(26(21)22)27(23)24)20(30(7,8)9)31(10,11)12/h13-15,19-20H,1-12H3. The Labute approximate surface area is 217 Å². The van der Waals surface area contributed by atoms with Gasteiger partial charge in [-0.1, -0.05) is 142 Å². The van der Waals surface area contributed by atoms with Crippen LogP contribution in [0.3, 0.4) is 0 Å². The summed E-state index contributed by atoms with van der Waals surface area (Å²) in [6, 6.07) is 6.90. The Morgan fingerprint density at radius 3 is 1.03 bits per heavy atom. The van der Waals surface area contributed by atoms with Gasteiger partial charge < -0.3 is 0 Å². The summed E-state index contributed by atoms with van der Waals surface area (Å²) in [7, 11) is -6.24. The Hall–Kier alpha value is 1.91. The van der Waals surface area contributed by atoms with E-state index < -0.39 is 45.9 Å². The molecule has 31 heavy (non-hydrogen) atoms. The van der Waals surface area contributed by atoms with E-state index >= 15 is 0 Å². The van der Waals surface area contributed by atoms with Crippen molar-refractivity contribution in [3.05, 3.63) is 29.3 Å². The number of hydrogen-bond donors (Lipinski definition) is 0. The molecule has 0 aliphatic carbocycles. The van der Waals surface area contributed by atoms with Gasteiger partial charge >= 0.3 is 0 Å². The molecule has 1 nitrogen and oxygen atoms in total. The molecule has 0 unspecified atom stereocenters. The summed E-state index contributed by atoms with van der Waals surface area (Å²) in [5, 5.41) is 1.10. The molecule has 0 aliphatic rings. The highest BCUT2D eigenvalue weighted by atomic mass is 35.9. The molecule has 0 aromatic heterocycles. The molecule has 1 rings (SSSR count). The lowest BCUT2D eigenvalue weighted by atomic mass is 10.1. The lowest BCUT2D eigenvalue weighted by Crippen LogP contribution is -2.48. The van der Waals surface area contributed by atoms with E-state index in [4.69, 9.17) is 45.0 Å². The van der Waals surface area contributed by atoms with Gasteiger partial charge in [0.15, 0.2) is 13.6 Å². The Bertz CT molecular complexity index is 667. The molecule has 0 saturated carbocycles. The molecule has 0 radical (unpaired) electrons. The summed E-state index contributed by atoms with van der Waals surface area (Å²) in [4.78, 5) is 0. The molecule has 0 spiro atoms. The fraction of sp³-hybridized carbons (Fsp3) is 0.700. The SMILES string of the molecule is C[Si](C)(C)C(c1cccc(C([Si](C)(C)C)[Si](C)(C)C)c1N(P(Cl)Cl)P(Cl)Cl)[Si](C)(C)C. The van der Waals surface area contributed by atoms with Crippen molar-refractivity contribution in [2.24, 2.45) is 0 Å². The van der Waals surface area contributed by atoms with Gasteiger partial charge in [0.25, 0.3) is 0 Å². The zero-order valence-electron chi connectivity index (χ0n) is 21.2. The van der Waals surface area contributed by atoms with Crippen molar-refractivity contribution in [3.63, 3.8) is 0 Å². The van der Waals surface area contributed by atoms with Crippen molar-refractivity contribution in [1.29, 1.82) is 0 Å². The molecule has 0 fully saturated rings. The summed E-state index contributed by atoms with van der Waals surface area (Å²) in [6.45, 7) is 26.8. The maximum atomic E-state index is 6.63. The quantitative estimate of drug-likeness (QED) is 0.198. The molecule has 1 aromatic rings. The molecule has 0 heterocycles.